The van der Waals surface area contributed by atoms with Crippen LogP contribution in [0.15, 0.2) is 21.5 Å². The van der Waals surface area contributed by atoms with E-state index >= 15 is 0 Å². The van der Waals surface area contributed by atoms with Gasteiger partial charge in [0.15, 0.2) is 5.82 Å². The van der Waals surface area contributed by atoms with E-state index in [1.807, 2.05) is 0 Å². The van der Waals surface area contributed by atoms with Gasteiger partial charge >= 0.3 is 0 Å². The molecule has 9 heteroatoms. The van der Waals surface area contributed by atoms with E-state index in [9.17, 15) is 22.9 Å². The number of nitrogens with one attached hydrogen (secondary N) is 1. The molecule has 0 aliphatic carbocycles. The Hall–Kier alpha value is -1.06. The van der Waals surface area contributed by atoms with Gasteiger partial charge < -0.3 is 0 Å². The highest BCUT2D eigenvalue weighted by Gasteiger charge is 2.28. The molecular formula is C10H12BrFN2O4S. The van der Waals surface area contributed by atoms with Crippen LogP contribution in [-0.2, 0) is 10.0 Å². The molecule has 1 aromatic rings. The van der Waals surface area contributed by atoms with Gasteiger partial charge in [-0.3, -0.25) is 10.1 Å². The molecule has 0 fully saturated rings. The first kappa shape index (κ1) is 16.0. The van der Waals surface area contributed by atoms with E-state index in [1.54, 1.807) is 20.8 Å². The van der Waals surface area contributed by atoms with Crippen molar-refractivity contribution in [3.05, 3.63) is 32.5 Å². The maximum absolute atomic E-state index is 13.8. The number of halogens is 2. The van der Waals surface area contributed by atoms with Crippen LogP contribution in [0.25, 0.3) is 0 Å². The van der Waals surface area contributed by atoms with Crippen LogP contribution in [-0.4, -0.2) is 18.9 Å². The molecule has 0 bridgehead atoms. The summed E-state index contributed by atoms with van der Waals surface area (Å²) >= 11 is 2.77. The number of hydrogen-bond donors (Lipinski definition) is 1. The minimum absolute atomic E-state index is 0.281. The quantitative estimate of drug-likeness (QED) is 0.667. The van der Waals surface area contributed by atoms with E-state index in [2.05, 4.69) is 20.7 Å². The lowest BCUT2D eigenvalue weighted by Gasteiger charge is -2.20. The fourth-order valence-corrected chi connectivity index (χ4v) is 3.43. The minimum atomic E-state index is -4.19. The third-order valence-electron chi connectivity index (χ3n) is 1.92. The summed E-state index contributed by atoms with van der Waals surface area (Å²) < 4.78 is 39.8. The summed E-state index contributed by atoms with van der Waals surface area (Å²) in [4.78, 5) is 9.12. The number of rotatable bonds is 3. The fourth-order valence-electron chi connectivity index (χ4n) is 1.31. The highest BCUT2D eigenvalue weighted by molar-refractivity contribution is 9.10. The van der Waals surface area contributed by atoms with Gasteiger partial charge in [-0.2, -0.15) is 0 Å². The maximum Gasteiger partial charge on any atom is 0.272 e. The van der Waals surface area contributed by atoms with Crippen LogP contribution >= 0.6 is 15.9 Å². The van der Waals surface area contributed by atoms with E-state index in [0.717, 1.165) is 6.07 Å². The Bertz CT molecular complexity index is 625. The lowest BCUT2D eigenvalue weighted by Crippen LogP contribution is -2.40. The lowest BCUT2D eigenvalue weighted by molar-refractivity contribution is -0.385. The van der Waals surface area contributed by atoms with E-state index in [-0.39, 0.29) is 4.47 Å². The van der Waals surface area contributed by atoms with Crippen molar-refractivity contribution in [1.82, 2.24) is 4.72 Å². The Balaban J connectivity index is 3.46. The summed E-state index contributed by atoms with van der Waals surface area (Å²) in [6.45, 7) is 4.73. The second-order valence-electron chi connectivity index (χ2n) is 4.85. The van der Waals surface area contributed by atoms with E-state index < -0.39 is 36.9 Å². The molecule has 0 amide bonds. The lowest BCUT2D eigenvalue weighted by atomic mass is 10.1. The number of nitrogens with zero attached hydrogens (tertiary/aromatic N) is 1. The van der Waals surface area contributed by atoms with Gasteiger partial charge in [-0.05, 0) is 36.7 Å². The smallest absolute Gasteiger partial charge is 0.258 e. The van der Waals surface area contributed by atoms with Crippen molar-refractivity contribution >= 4 is 31.6 Å². The highest BCUT2D eigenvalue weighted by atomic mass is 79.9. The van der Waals surface area contributed by atoms with Crippen molar-refractivity contribution in [1.29, 1.82) is 0 Å². The molecule has 0 saturated carbocycles. The molecule has 1 rings (SSSR count). The van der Waals surface area contributed by atoms with Gasteiger partial charge in [0.25, 0.3) is 5.69 Å². The zero-order chi connectivity index (χ0) is 15.0. The summed E-state index contributed by atoms with van der Waals surface area (Å²) in [5, 5.41) is 10.7. The van der Waals surface area contributed by atoms with Gasteiger partial charge in [0.05, 0.1) is 9.40 Å². The largest absolute Gasteiger partial charge is 0.272 e. The summed E-state index contributed by atoms with van der Waals surface area (Å²) in [5.74, 6) is -1.07. The van der Waals surface area contributed by atoms with Crippen LogP contribution < -0.4 is 4.72 Å². The summed E-state index contributed by atoms with van der Waals surface area (Å²) in [7, 11) is -4.19. The number of nitro benzene ring substituents is 1. The Kier molecular flexibility index (Phi) is 4.33. The molecule has 0 aromatic heterocycles. The van der Waals surface area contributed by atoms with E-state index in [0.29, 0.717) is 6.07 Å². The monoisotopic (exact) mass is 354 g/mol. The molecule has 0 atom stereocenters. The standard InChI is InChI=1S/C10H12BrFN2O4S/c1-10(2,3)13-19(17,18)8-5-6(14(15)16)4-7(11)9(8)12/h4-5,13H,1-3H3. The topological polar surface area (TPSA) is 89.3 Å². The number of nitro groups is 1. The first-order valence-electron chi connectivity index (χ1n) is 5.11. The summed E-state index contributed by atoms with van der Waals surface area (Å²) in [6.07, 6.45) is 0. The molecule has 1 aromatic carbocycles. The third-order valence-corrected chi connectivity index (χ3v) is 4.25. The van der Waals surface area contributed by atoms with Crippen molar-refractivity contribution in [3.8, 4) is 0 Å². The van der Waals surface area contributed by atoms with Gasteiger partial charge in [-0.1, -0.05) is 0 Å². The maximum atomic E-state index is 13.8. The van der Waals surface area contributed by atoms with Crippen LogP contribution in [0, 0.1) is 15.9 Å². The number of hydrogen-bond acceptors (Lipinski definition) is 4. The van der Waals surface area contributed by atoms with Gasteiger partial charge in [-0.25, -0.2) is 17.5 Å². The number of sulfonamides is 1. The SMILES string of the molecule is CC(C)(C)NS(=O)(=O)c1cc([N+](=O)[O-])cc(Br)c1F. The molecule has 0 spiro atoms. The van der Waals surface area contributed by atoms with Crippen molar-refractivity contribution in [2.24, 2.45) is 0 Å². The van der Waals surface area contributed by atoms with Gasteiger partial charge in [0, 0.05) is 17.7 Å². The number of benzene rings is 1. The van der Waals surface area contributed by atoms with Crippen LogP contribution in [0.2, 0.25) is 0 Å². The van der Waals surface area contributed by atoms with Gasteiger partial charge in [0.2, 0.25) is 10.0 Å². The van der Waals surface area contributed by atoms with Crippen LogP contribution in [0.5, 0.6) is 0 Å². The van der Waals surface area contributed by atoms with E-state index in [1.165, 1.54) is 0 Å². The molecule has 0 aliphatic rings. The number of non-ortho nitro benzene ring substituents is 1. The summed E-state index contributed by atoms with van der Waals surface area (Å²) in [6, 6.07) is 1.60. The molecule has 0 saturated heterocycles. The second-order valence-corrected chi connectivity index (χ2v) is 7.36. The molecule has 1 N–H and O–H groups in total. The Morgan fingerprint density at radius 3 is 2.32 bits per heavy atom. The van der Waals surface area contributed by atoms with E-state index in [4.69, 9.17) is 0 Å². The van der Waals surface area contributed by atoms with Crippen molar-refractivity contribution in [2.45, 2.75) is 31.2 Å². The predicted molar refractivity (Wildman–Crippen MR) is 70.8 cm³/mol. The van der Waals surface area contributed by atoms with Crippen molar-refractivity contribution in [3.63, 3.8) is 0 Å². The molecule has 6 nitrogen and oxygen atoms in total. The molecular weight excluding hydrogens is 343 g/mol. The van der Waals surface area contributed by atoms with Crippen LogP contribution in [0.4, 0.5) is 10.1 Å². The fraction of sp³-hybridized carbons (Fsp3) is 0.400. The first-order valence-corrected chi connectivity index (χ1v) is 7.39. The van der Waals surface area contributed by atoms with Gasteiger partial charge in [0.1, 0.15) is 4.90 Å². The molecule has 106 valence electrons. The molecule has 0 heterocycles. The van der Waals surface area contributed by atoms with Gasteiger partial charge in [-0.15, -0.1) is 0 Å². The van der Waals surface area contributed by atoms with Crippen molar-refractivity contribution in [2.75, 3.05) is 0 Å². The predicted octanol–water partition coefficient (Wildman–Crippen LogP) is 2.57. The Labute approximate surface area is 118 Å². The Morgan fingerprint density at radius 1 is 1.37 bits per heavy atom. The average Bonchev–Trinajstić information content (AvgIpc) is 2.17. The molecule has 0 aliphatic heterocycles. The van der Waals surface area contributed by atoms with Crippen LogP contribution in [0.1, 0.15) is 20.8 Å². The Morgan fingerprint density at radius 2 is 1.89 bits per heavy atom. The van der Waals surface area contributed by atoms with Crippen LogP contribution in [0.3, 0.4) is 0 Å². The van der Waals surface area contributed by atoms with Crippen molar-refractivity contribution < 1.29 is 17.7 Å². The second kappa shape index (κ2) is 5.14. The molecule has 0 unspecified atom stereocenters. The molecule has 0 radical (unpaired) electrons. The summed E-state index contributed by atoms with van der Waals surface area (Å²) in [5.41, 5.74) is -1.34. The highest BCUT2D eigenvalue weighted by Crippen LogP contribution is 2.29. The minimum Gasteiger partial charge on any atom is -0.258 e. The zero-order valence-corrected chi connectivity index (χ0v) is 12.8. The zero-order valence-electron chi connectivity index (χ0n) is 10.4. The average molecular weight is 355 g/mol. The third kappa shape index (κ3) is 3.95. The first-order chi connectivity index (χ1) is 8.44. The normalized spacial score (nSPS) is 12.5. The molecule has 19 heavy (non-hydrogen) atoms.